The first-order valence-electron chi connectivity index (χ1n) is 5.25. The van der Waals surface area contributed by atoms with E-state index in [1.807, 2.05) is 49.6 Å². The zero-order chi connectivity index (χ0) is 11.9. The van der Waals surface area contributed by atoms with Gasteiger partial charge < -0.3 is 9.67 Å². The van der Waals surface area contributed by atoms with Crippen LogP contribution in [0.25, 0.3) is 10.9 Å². The number of nitrogens with zero attached hydrogens (tertiary/aromatic N) is 1. The number of carboxylic acid groups (broad SMARTS) is 1. The van der Waals surface area contributed by atoms with Gasteiger partial charge in [0.1, 0.15) is 5.69 Å². The number of rotatable bonds is 1. The zero-order valence-corrected chi connectivity index (χ0v) is 9.69. The molecular formula is C13H15NO2. The van der Waals surface area contributed by atoms with E-state index < -0.39 is 5.97 Å². The maximum atomic E-state index is 11.2. The second kappa shape index (κ2) is 3.37. The Bertz CT molecular complexity index is 547. The minimum absolute atomic E-state index is 0.239. The van der Waals surface area contributed by atoms with Crippen molar-refractivity contribution in [3.63, 3.8) is 0 Å². The third kappa shape index (κ3) is 1.58. The average molecular weight is 217 g/mol. The number of para-hydroxylation sites is 1. The molecule has 0 spiro atoms. The lowest BCUT2D eigenvalue weighted by molar-refractivity contribution is 0.0679. The largest absolute Gasteiger partial charge is 0.477 e. The van der Waals surface area contributed by atoms with Crippen molar-refractivity contribution in [1.82, 2.24) is 4.57 Å². The summed E-state index contributed by atoms with van der Waals surface area (Å²) in [5.41, 5.74) is 1.07. The molecule has 1 heterocycles. The maximum absolute atomic E-state index is 11.2. The number of benzene rings is 1. The Morgan fingerprint density at radius 3 is 2.44 bits per heavy atom. The summed E-state index contributed by atoms with van der Waals surface area (Å²) in [6.45, 7) is 6.02. The van der Waals surface area contributed by atoms with E-state index in [1.54, 1.807) is 6.07 Å². The van der Waals surface area contributed by atoms with Crippen LogP contribution in [0.4, 0.5) is 0 Å². The SMILES string of the molecule is CC(C)(C)n1c(C(=O)O)cc2ccccc21. The second-order valence-electron chi connectivity index (χ2n) is 4.90. The smallest absolute Gasteiger partial charge is 0.352 e. The molecule has 1 aromatic carbocycles. The van der Waals surface area contributed by atoms with E-state index in [4.69, 9.17) is 0 Å². The molecule has 0 unspecified atom stereocenters. The normalized spacial score (nSPS) is 11.9. The molecule has 0 saturated carbocycles. The summed E-state index contributed by atoms with van der Waals surface area (Å²) in [5, 5.41) is 10.2. The van der Waals surface area contributed by atoms with Crippen LogP contribution in [-0.2, 0) is 5.54 Å². The highest BCUT2D eigenvalue weighted by Crippen LogP contribution is 2.27. The van der Waals surface area contributed by atoms with E-state index in [9.17, 15) is 9.90 Å². The Kier molecular flexibility index (Phi) is 2.26. The standard InChI is InChI=1S/C13H15NO2/c1-13(2,3)14-10-7-5-4-6-9(10)8-11(14)12(15)16/h4-8H,1-3H3,(H,15,16). The minimum Gasteiger partial charge on any atom is -0.477 e. The predicted octanol–water partition coefficient (Wildman–Crippen LogP) is 3.09. The second-order valence-corrected chi connectivity index (χ2v) is 4.90. The van der Waals surface area contributed by atoms with Crippen LogP contribution in [0.2, 0.25) is 0 Å². The number of aromatic carboxylic acids is 1. The fourth-order valence-corrected chi connectivity index (χ4v) is 2.03. The molecule has 3 heteroatoms. The highest BCUT2D eigenvalue weighted by atomic mass is 16.4. The molecule has 0 amide bonds. The summed E-state index contributed by atoms with van der Waals surface area (Å²) < 4.78 is 1.87. The molecule has 0 fully saturated rings. The van der Waals surface area contributed by atoms with Crippen molar-refractivity contribution >= 4 is 16.9 Å². The predicted molar refractivity (Wildman–Crippen MR) is 63.9 cm³/mol. The van der Waals surface area contributed by atoms with Gasteiger partial charge in [-0.15, -0.1) is 0 Å². The number of carbonyl (C=O) groups is 1. The van der Waals surface area contributed by atoms with Crippen LogP contribution in [0.5, 0.6) is 0 Å². The van der Waals surface area contributed by atoms with Crippen LogP contribution in [0.3, 0.4) is 0 Å². The highest BCUT2D eigenvalue weighted by molar-refractivity contribution is 5.94. The van der Waals surface area contributed by atoms with Gasteiger partial charge >= 0.3 is 5.97 Å². The highest BCUT2D eigenvalue weighted by Gasteiger charge is 2.22. The van der Waals surface area contributed by atoms with Crippen molar-refractivity contribution in [1.29, 1.82) is 0 Å². The molecule has 0 bridgehead atoms. The zero-order valence-electron chi connectivity index (χ0n) is 9.69. The van der Waals surface area contributed by atoms with Gasteiger partial charge in [0.2, 0.25) is 0 Å². The van der Waals surface area contributed by atoms with Crippen molar-refractivity contribution in [2.45, 2.75) is 26.3 Å². The summed E-state index contributed by atoms with van der Waals surface area (Å²) in [7, 11) is 0. The van der Waals surface area contributed by atoms with Gasteiger partial charge in [-0.25, -0.2) is 4.79 Å². The summed E-state index contributed by atoms with van der Waals surface area (Å²) >= 11 is 0. The quantitative estimate of drug-likeness (QED) is 0.797. The lowest BCUT2D eigenvalue weighted by Crippen LogP contribution is -2.25. The molecule has 0 radical (unpaired) electrons. The van der Waals surface area contributed by atoms with Gasteiger partial charge in [0.25, 0.3) is 0 Å². The van der Waals surface area contributed by atoms with Gasteiger partial charge in [-0.05, 0) is 32.9 Å². The van der Waals surface area contributed by atoms with Crippen molar-refractivity contribution in [3.05, 3.63) is 36.0 Å². The van der Waals surface area contributed by atoms with Gasteiger partial charge in [0.15, 0.2) is 0 Å². The molecule has 3 nitrogen and oxygen atoms in total. The fourth-order valence-electron chi connectivity index (χ4n) is 2.03. The Balaban J connectivity index is 2.85. The summed E-state index contributed by atoms with van der Waals surface area (Å²) in [4.78, 5) is 11.2. The third-order valence-electron chi connectivity index (χ3n) is 2.60. The van der Waals surface area contributed by atoms with Gasteiger partial charge in [-0.1, -0.05) is 18.2 Å². The Morgan fingerprint density at radius 1 is 1.25 bits per heavy atom. The third-order valence-corrected chi connectivity index (χ3v) is 2.60. The Hall–Kier alpha value is -1.77. The summed E-state index contributed by atoms with van der Waals surface area (Å²) in [5.74, 6) is -0.883. The lowest BCUT2D eigenvalue weighted by Gasteiger charge is -2.24. The Morgan fingerprint density at radius 2 is 1.88 bits per heavy atom. The molecule has 84 valence electrons. The lowest BCUT2D eigenvalue weighted by atomic mass is 10.1. The van der Waals surface area contributed by atoms with Crippen LogP contribution in [0.15, 0.2) is 30.3 Å². The van der Waals surface area contributed by atoms with Gasteiger partial charge in [0, 0.05) is 16.4 Å². The van der Waals surface area contributed by atoms with E-state index in [2.05, 4.69) is 0 Å². The van der Waals surface area contributed by atoms with Gasteiger partial charge in [0.05, 0.1) is 0 Å². The minimum atomic E-state index is -0.883. The molecule has 16 heavy (non-hydrogen) atoms. The van der Waals surface area contributed by atoms with Crippen molar-refractivity contribution in [2.75, 3.05) is 0 Å². The van der Waals surface area contributed by atoms with Crippen LogP contribution < -0.4 is 0 Å². The summed E-state index contributed by atoms with van der Waals surface area (Å²) in [6.07, 6.45) is 0. The van der Waals surface area contributed by atoms with E-state index in [-0.39, 0.29) is 5.54 Å². The maximum Gasteiger partial charge on any atom is 0.352 e. The monoisotopic (exact) mass is 217 g/mol. The van der Waals surface area contributed by atoms with E-state index in [0.29, 0.717) is 5.69 Å². The molecule has 2 aromatic rings. The van der Waals surface area contributed by atoms with Crippen LogP contribution in [0.1, 0.15) is 31.3 Å². The molecule has 0 saturated heterocycles. The molecule has 0 aliphatic rings. The fraction of sp³-hybridized carbons (Fsp3) is 0.308. The number of hydrogen-bond acceptors (Lipinski definition) is 1. The first kappa shape index (κ1) is 10.7. The molecular weight excluding hydrogens is 202 g/mol. The molecule has 2 rings (SSSR count). The average Bonchev–Trinajstić information content (AvgIpc) is 2.55. The first-order valence-corrected chi connectivity index (χ1v) is 5.25. The molecule has 1 N–H and O–H groups in total. The van der Waals surface area contributed by atoms with Crippen molar-refractivity contribution in [2.24, 2.45) is 0 Å². The molecule has 0 aliphatic carbocycles. The first-order chi connectivity index (χ1) is 7.41. The molecule has 1 aromatic heterocycles. The molecule has 0 atom stereocenters. The van der Waals surface area contributed by atoms with Crippen molar-refractivity contribution < 1.29 is 9.90 Å². The van der Waals surface area contributed by atoms with Gasteiger partial charge in [-0.2, -0.15) is 0 Å². The molecule has 0 aliphatic heterocycles. The van der Waals surface area contributed by atoms with E-state index in [0.717, 1.165) is 10.9 Å². The van der Waals surface area contributed by atoms with Crippen LogP contribution in [-0.4, -0.2) is 15.6 Å². The number of fused-ring (bicyclic) bond motifs is 1. The number of aromatic nitrogens is 1. The summed E-state index contributed by atoms with van der Waals surface area (Å²) in [6, 6.07) is 9.46. The number of carboxylic acids is 1. The van der Waals surface area contributed by atoms with E-state index in [1.165, 1.54) is 0 Å². The van der Waals surface area contributed by atoms with Crippen LogP contribution >= 0.6 is 0 Å². The topological polar surface area (TPSA) is 42.2 Å². The van der Waals surface area contributed by atoms with Gasteiger partial charge in [-0.3, -0.25) is 0 Å². The van der Waals surface area contributed by atoms with E-state index >= 15 is 0 Å². The Labute approximate surface area is 94.3 Å². The number of hydrogen-bond donors (Lipinski definition) is 1. The van der Waals surface area contributed by atoms with Crippen molar-refractivity contribution in [3.8, 4) is 0 Å². The van der Waals surface area contributed by atoms with Crippen LogP contribution in [0, 0.1) is 0 Å².